The number of rotatable bonds is 3. The summed E-state index contributed by atoms with van der Waals surface area (Å²) in [6, 6.07) is 2.30. The van der Waals surface area contributed by atoms with E-state index in [2.05, 4.69) is 0 Å². The molecule has 2 atom stereocenters. The Balaban J connectivity index is 2.36. The lowest BCUT2D eigenvalue weighted by Crippen LogP contribution is -2.47. The summed E-state index contributed by atoms with van der Waals surface area (Å²) in [7, 11) is 0. The highest BCUT2D eigenvalue weighted by Gasteiger charge is 2.30. The Hall–Kier alpha value is -1.40. The average molecular weight is 302 g/mol. The van der Waals surface area contributed by atoms with Crippen LogP contribution in [0.5, 0.6) is 0 Å². The van der Waals surface area contributed by atoms with Crippen LogP contribution in [-0.2, 0) is 0 Å². The van der Waals surface area contributed by atoms with E-state index < -0.39 is 10.7 Å². The van der Waals surface area contributed by atoms with Crippen molar-refractivity contribution in [3.8, 4) is 0 Å². The number of hydrogen-bond acceptors (Lipinski definition) is 4. The first-order valence-electron chi connectivity index (χ1n) is 6.58. The molecule has 1 aromatic rings. The van der Waals surface area contributed by atoms with Crippen molar-refractivity contribution in [2.75, 3.05) is 18.0 Å². The van der Waals surface area contributed by atoms with Gasteiger partial charge in [-0.1, -0.05) is 24.9 Å². The Labute approximate surface area is 121 Å². The Bertz CT molecular complexity index is 527. The van der Waals surface area contributed by atoms with Gasteiger partial charge in [-0.05, 0) is 12.3 Å². The Morgan fingerprint density at radius 2 is 2.30 bits per heavy atom. The first-order chi connectivity index (χ1) is 9.43. The van der Waals surface area contributed by atoms with Crippen molar-refractivity contribution in [2.24, 2.45) is 11.7 Å². The van der Waals surface area contributed by atoms with Crippen LogP contribution in [0.2, 0.25) is 5.02 Å². The molecule has 1 aliphatic heterocycles. The molecule has 2 N–H and O–H groups in total. The zero-order valence-electron chi connectivity index (χ0n) is 11.2. The molecule has 1 aromatic carbocycles. The van der Waals surface area contributed by atoms with Gasteiger partial charge in [0, 0.05) is 31.3 Å². The van der Waals surface area contributed by atoms with E-state index >= 15 is 0 Å². The van der Waals surface area contributed by atoms with Crippen LogP contribution < -0.4 is 10.6 Å². The lowest BCUT2D eigenvalue weighted by Gasteiger charge is -2.37. The molecule has 7 heteroatoms. The van der Waals surface area contributed by atoms with E-state index in [1.165, 1.54) is 0 Å². The standard InChI is InChI=1S/C13H17ClFN3O2/c1-2-8-7-17(4-3-11(8)16)12-6-10(15)9(14)5-13(12)18(19)20/h5-6,8,11H,2-4,7,16H2,1H3. The summed E-state index contributed by atoms with van der Waals surface area (Å²) in [6.45, 7) is 3.21. The number of benzene rings is 1. The van der Waals surface area contributed by atoms with E-state index in [-0.39, 0.29) is 28.4 Å². The molecule has 0 radical (unpaired) electrons. The number of anilines is 1. The molecule has 0 spiro atoms. The van der Waals surface area contributed by atoms with Gasteiger partial charge in [0.1, 0.15) is 11.5 Å². The van der Waals surface area contributed by atoms with Crippen LogP contribution in [0.25, 0.3) is 0 Å². The predicted molar refractivity (Wildman–Crippen MR) is 76.7 cm³/mol. The van der Waals surface area contributed by atoms with E-state index in [1.807, 2.05) is 11.8 Å². The molecule has 1 fully saturated rings. The fourth-order valence-electron chi connectivity index (χ4n) is 2.63. The second kappa shape index (κ2) is 5.93. The summed E-state index contributed by atoms with van der Waals surface area (Å²) >= 11 is 5.63. The van der Waals surface area contributed by atoms with Crippen LogP contribution in [0.3, 0.4) is 0 Å². The molecule has 2 unspecified atom stereocenters. The fraction of sp³-hybridized carbons (Fsp3) is 0.538. The van der Waals surface area contributed by atoms with Gasteiger partial charge in [0.25, 0.3) is 5.69 Å². The highest BCUT2D eigenvalue weighted by Crippen LogP contribution is 2.35. The SMILES string of the molecule is CCC1CN(c2cc(F)c(Cl)cc2[N+](=O)[O-])CCC1N. The number of nitrogens with zero attached hydrogens (tertiary/aromatic N) is 2. The molecule has 0 bridgehead atoms. The molecule has 1 aliphatic rings. The van der Waals surface area contributed by atoms with Gasteiger partial charge < -0.3 is 10.6 Å². The smallest absolute Gasteiger partial charge is 0.294 e. The topological polar surface area (TPSA) is 72.4 Å². The van der Waals surface area contributed by atoms with Crippen molar-refractivity contribution in [1.29, 1.82) is 0 Å². The monoisotopic (exact) mass is 301 g/mol. The van der Waals surface area contributed by atoms with Crippen molar-refractivity contribution in [3.05, 3.63) is 33.1 Å². The maximum Gasteiger partial charge on any atom is 0.294 e. The highest BCUT2D eigenvalue weighted by atomic mass is 35.5. The minimum atomic E-state index is -0.643. The lowest BCUT2D eigenvalue weighted by atomic mass is 9.90. The summed E-state index contributed by atoms with van der Waals surface area (Å²) in [5.74, 6) is -0.391. The molecule has 0 aliphatic carbocycles. The third kappa shape index (κ3) is 2.86. The lowest BCUT2D eigenvalue weighted by molar-refractivity contribution is -0.384. The summed E-state index contributed by atoms with van der Waals surface area (Å²) in [5, 5.41) is 10.9. The van der Waals surface area contributed by atoms with Gasteiger partial charge in [0.2, 0.25) is 0 Å². The quantitative estimate of drug-likeness (QED) is 0.688. The Morgan fingerprint density at radius 1 is 1.60 bits per heavy atom. The van der Waals surface area contributed by atoms with Crippen LogP contribution in [-0.4, -0.2) is 24.1 Å². The van der Waals surface area contributed by atoms with Crippen molar-refractivity contribution >= 4 is 23.0 Å². The Morgan fingerprint density at radius 3 is 2.90 bits per heavy atom. The number of piperidine rings is 1. The minimum absolute atomic E-state index is 0.0902. The molecule has 110 valence electrons. The van der Waals surface area contributed by atoms with Crippen LogP contribution in [0.1, 0.15) is 19.8 Å². The number of hydrogen-bond donors (Lipinski definition) is 1. The molecule has 0 saturated carbocycles. The number of nitro groups is 1. The zero-order valence-corrected chi connectivity index (χ0v) is 11.9. The first kappa shape index (κ1) is 15.0. The first-order valence-corrected chi connectivity index (χ1v) is 6.95. The van der Waals surface area contributed by atoms with E-state index in [4.69, 9.17) is 17.3 Å². The van der Waals surface area contributed by atoms with Crippen LogP contribution >= 0.6 is 11.6 Å². The number of halogens is 2. The molecule has 0 amide bonds. The van der Waals surface area contributed by atoms with E-state index in [0.717, 1.165) is 25.0 Å². The van der Waals surface area contributed by atoms with Gasteiger partial charge in [-0.3, -0.25) is 10.1 Å². The van der Waals surface area contributed by atoms with Gasteiger partial charge in [-0.15, -0.1) is 0 Å². The van der Waals surface area contributed by atoms with Crippen molar-refractivity contribution in [2.45, 2.75) is 25.8 Å². The average Bonchev–Trinajstić information content (AvgIpc) is 2.41. The van der Waals surface area contributed by atoms with Gasteiger partial charge in [-0.2, -0.15) is 0 Å². The van der Waals surface area contributed by atoms with E-state index in [1.54, 1.807) is 0 Å². The van der Waals surface area contributed by atoms with Gasteiger partial charge in [0.15, 0.2) is 0 Å². The summed E-state index contributed by atoms with van der Waals surface area (Å²) in [4.78, 5) is 12.4. The van der Waals surface area contributed by atoms with Crippen molar-refractivity contribution in [1.82, 2.24) is 0 Å². The van der Waals surface area contributed by atoms with Gasteiger partial charge in [-0.25, -0.2) is 4.39 Å². The van der Waals surface area contributed by atoms with Crippen molar-refractivity contribution < 1.29 is 9.31 Å². The molecule has 5 nitrogen and oxygen atoms in total. The molecule has 1 saturated heterocycles. The third-order valence-corrected chi connectivity index (χ3v) is 4.16. The van der Waals surface area contributed by atoms with Gasteiger partial charge >= 0.3 is 0 Å². The molecule has 20 heavy (non-hydrogen) atoms. The minimum Gasteiger partial charge on any atom is -0.366 e. The summed E-state index contributed by atoms with van der Waals surface area (Å²) < 4.78 is 13.6. The van der Waals surface area contributed by atoms with E-state index in [9.17, 15) is 14.5 Å². The molecule has 1 heterocycles. The van der Waals surface area contributed by atoms with Crippen LogP contribution in [0.4, 0.5) is 15.8 Å². The maximum atomic E-state index is 13.6. The molecule has 0 aromatic heterocycles. The van der Waals surface area contributed by atoms with Crippen LogP contribution in [0, 0.1) is 21.8 Å². The Kier molecular flexibility index (Phi) is 4.45. The second-order valence-corrected chi connectivity index (χ2v) is 5.49. The zero-order chi connectivity index (χ0) is 14.9. The normalized spacial score (nSPS) is 22.9. The third-order valence-electron chi connectivity index (χ3n) is 3.87. The van der Waals surface area contributed by atoms with Gasteiger partial charge in [0.05, 0.1) is 9.95 Å². The van der Waals surface area contributed by atoms with Crippen LogP contribution in [0.15, 0.2) is 12.1 Å². The van der Waals surface area contributed by atoms with Crippen molar-refractivity contribution in [3.63, 3.8) is 0 Å². The van der Waals surface area contributed by atoms with E-state index in [0.29, 0.717) is 13.1 Å². The predicted octanol–water partition coefficient (Wildman–Crippen LogP) is 2.95. The fourth-order valence-corrected chi connectivity index (χ4v) is 2.78. The maximum absolute atomic E-state index is 13.6. The number of nitro benzene ring substituents is 1. The molecule has 2 rings (SSSR count). The molecular formula is C13H17ClFN3O2. The summed E-state index contributed by atoms with van der Waals surface area (Å²) in [5.41, 5.74) is 6.14. The second-order valence-electron chi connectivity index (χ2n) is 5.08. The largest absolute Gasteiger partial charge is 0.366 e. The number of nitrogens with two attached hydrogens (primary N) is 1. The highest BCUT2D eigenvalue weighted by molar-refractivity contribution is 6.31. The summed E-state index contributed by atoms with van der Waals surface area (Å²) in [6.07, 6.45) is 1.63. The molecular weight excluding hydrogens is 285 g/mol.